The van der Waals surface area contributed by atoms with Crippen LogP contribution >= 0.6 is 0 Å². The Bertz CT molecular complexity index is 161. The second-order valence-corrected chi connectivity index (χ2v) is 3.03. The van der Waals surface area contributed by atoms with Crippen molar-refractivity contribution >= 4 is 0 Å². The summed E-state index contributed by atoms with van der Waals surface area (Å²) < 4.78 is 0. The van der Waals surface area contributed by atoms with Gasteiger partial charge in [-0.1, -0.05) is 30.2 Å². The first-order valence-corrected chi connectivity index (χ1v) is 3.54. The van der Waals surface area contributed by atoms with Crippen molar-refractivity contribution in [3.8, 4) is 0 Å². The molecule has 0 heterocycles. The van der Waals surface area contributed by atoms with Crippen molar-refractivity contribution in [3.63, 3.8) is 0 Å². The minimum Gasteiger partial charge on any atom is -0.0727 e. The van der Waals surface area contributed by atoms with Gasteiger partial charge in [0.2, 0.25) is 0 Å². The summed E-state index contributed by atoms with van der Waals surface area (Å²) in [5, 5.41) is 0. The van der Waals surface area contributed by atoms with Crippen LogP contribution in [0.15, 0.2) is 23.3 Å². The third-order valence-electron chi connectivity index (χ3n) is 2.04. The van der Waals surface area contributed by atoms with Crippen molar-refractivity contribution < 1.29 is 0 Å². The molecule has 0 aromatic heterocycles. The van der Waals surface area contributed by atoms with E-state index in [1.165, 1.54) is 17.6 Å². The second kappa shape index (κ2) is 2.38. The van der Waals surface area contributed by atoms with Gasteiger partial charge in [-0.05, 0) is 26.2 Å². The summed E-state index contributed by atoms with van der Waals surface area (Å²) in [6, 6.07) is 0. The summed E-state index contributed by atoms with van der Waals surface area (Å²) in [7, 11) is 0. The van der Waals surface area contributed by atoms with Gasteiger partial charge in [-0.25, -0.2) is 0 Å². The van der Waals surface area contributed by atoms with Crippen LogP contribution in [0.2, 0.25) is 0 Å². The molecule has 0 aromatic rings. The first-order chi connectivity index (χ1) is 4.20. The van der Waals surface area contributed by atoms with E-state index in [0.29, 0.717) is 0 Å². The molecule has 0 spiro atoms. The van der Waals surface area contributed by atoms with Gasteiger partial charge in [0.05, 0.1) is 0 Å². The van der Waals surface area contributed by atoms with E-state index in [1.54, 1.807) is 0 Å². The normalized spacial score (nSPS) is 27.2. The minimum absolute atomic E-state index is 0.773. The summed E-state index contributed by atoms with van der Waals surface area (Å²) in [6.07, 6.45) is 5.70. The third-order valence-corrected chi connectivity index (χ3v) is 2.04. The lowest BCUT2D eigenvalue weighted by Crippen LogP contribution is -2.00. The van der Waals surface area contributed by atoms with Crippen molar-refractivity contribution in [3.05, 3.63) is 23.3 Å². The van der Waals surface area contributed by atoms with Crippen molar-refractivity contribution in [2.75, 3.05) is 0 Å². The zero-order valence-electron chi connectivity index (χ0n) is 6.44. The molecule has 0 nitrogen and oxygen atoms in total. The lowest BCUT2D eigenvalue weighted by atomic mass is 9.90. The molecule has 0 heteroatoms. The minimum atomic E-state index is 0.773. The zero-order valence-corrected chi connectivity index (χ0v) is 6.44. The van der Waals surface area contributed by atoms with Crippen LogP contribution in [0.4, 0.5) is 0 Å². The van der Waals surface area contributed by atoms with Crippen molar-refractivity contribution in [1.82, 2.24) is 0 Å². The monoisotopic (exact) mass is 122 g/mol. The molecule has 1 aliphatic carbocycles. The van der Waals surface area contributed by atoms with Crippen LogP contribution in [0, 0.1) is 5.92 Å². The molecule has 1 unspecified atom stereocenters. The van der Waals surface area contributed by atoms with Gasteiger partial charge in [-0.2, -0.15) is 0 Å². The standard InChI is InChI=1S/C9H14/c1-7-4-5-8(2)9(3)6-7/h4-5,9H,6H2,1-3H3. The van der Waals surface area contributed by atoms with Gasteiger partial charge in [-0.3, -0.25) is 0 Å². The van der Waals surface area contributed by atoms with Crippen LogP contribution in [0.5, 0.6) is 0 Å². The van der Waals surface area contributed by atoms with Gasteiger partial charge in [0.15, 0.2) is 0 Å². The molecule has 0 aliphatic heterocycles. The molecule has 0 bridgehead atoms. The zero-order chi connectivity index (χ0) is 6.85. The Balaban J connectivity index is 2.74. The largest absolute Gasteiger partial charge is 0.0727 e. The number of hydrogen-bond acceptors (Lipinski definition) is 0. The molecule has 1 rings (SSSR count). The van der Waals surface area contributed by atoms with Crippen LogP contribution in [0.1, 0.15) is 27.2 Å². The van der Waals surface area contributed by atoms with E-state index in [4.69, 9.17) is 0 Å². The molecule has 0 amide bonds. The highest BCUT2D eigenvalue weighted by molar-refractivity contribution is 5.23. The van der Waals surface area contributed by atoms with E-state index in [1.807, 2.05) is 0 Å². The van der Waals surface area contributed by atoms with Crippen molar-refractivity contribution in [1.29, 1.82) is 0 Å². The third kappa shape index (κ3) is 1.44. The Kier molecular flexibility index (Phi) is 1.75. The van der Waals surface area contributed by atoms with Crippen LogP contribution in [-0.2, 0) is 0 Å². The fraction of sp³-hybridized carbons (Fsp3) is 0.556. The maximum atomic E-state index is 2.28. The summed E-state index contributed by atoms with van der Waals surface area (Å²) >= 11 is 0. The van der Waals surface area contributed by atoms with Gasteiger partial charge in [0.1, 0.15) is 0 Å². The SMILES string of the molecule is CC1=CC=C(C)C(C)C1. The summed E-state index contributed by atoms with van der Waals surface area (Å²) in [6.45, 7) is 6.68. The van der Waals surface area contributed by atoms with E-state index in [9.17, 15) is 0 Å². The Morgan fingerprint density at radius 2 is 2.00 bits per heavy atom. The van der Waals surface area contributed by atoms with Crippen LogP contribution in [-0.4, -0.2) is 0 Å². The van der Waals surface area contributed by atoms with Gasteiger partial charge in [-0.15, -0.1) is 0 Å². The smallest absolute Gasteiger partial charge is 0.0194 e. The fourth-order valence-corrected chi connectivity index (χ4v) is 1.15. The van der Waals surface area contributed by atoms with E-state index in [-0.39, 0.29) is 0 Å². The molecule has 0 fully saturated rings. The van der Waals surface area contributed by atoms with E-state index >= 15 is 0 Å². The van der Waals surface area contributed by atoms with E-state index in [2.05, 4.69) is 32.9 Å². The first kappa shape index (κ1) is 6.60. The molecular weight excluding hydrogens is 108 g/mol. The Morgan fingerprint density at radius 1 is 1.33 bits per heavy atom. The quantitative estimate of drug-likeness (QED) is 0.463. The fourth-order valence-electron chi connectivity index (χ4n) is 1.15. The molecule has 0 N–H and O–H groups in total. The van der Waals surface area contributed by atoms with E-state index < -0.39 is 0 Å². The number of rotatable bonds is 0. The Hall–Kier alpha value is -0.520. The highest BCUT2D eigenvalue weighted by atomic mass is 14.1. The molecule has 0 radical (unpaired) electrons. The summed E-state index contributed by atoms with van der Waals surface area (Å²) in [5.74, 6) is 0.773. The molecule has 50 valence electrons. The Labute approximate surface area is 57.3 Å². The van der Waals surface area contributed by atoms with Gasteiger partial charge >= 0.3 is 0 Å². The predicted molar refractivity (Wildman–Crippen MR) is 41.3 cm³/mol. The van der Waals surface area contributed by atoms with Crippen LogP contribution < -0.4 is 0 Å². The molecule has 1 aliphatic rings. The lowest BCUT2D eigenvalue weighted by Gasteiger charge is -2.15. The lowest BCUT2D eigenvalue weighted by molar-refractivity contribution is 0.662. The number of hydrogen-bond donors (Lipinski definition) is 0. The average molecular weight is 122 g/mol. The van der Waals surface area contributed by atoms with Crippen molar-refractivity contribution in [2.24, 2.45) is 5.92 Å². The highest BCUT2D eigenvalue weighted by Gasteiger charge is 2.07. The number of allylic oxidation sites excluding steroid dienone is 4. The average Bonchev–Trinajstić information content (AvgIpc) is 1.80. The molecule has 0 saturated heterocycles. The summed E-state index contributed by atoms with van der Waals surface area (Å²) in [5.41, 5.74) is 3.02. The van der Waals surface area contributed by atoms with E-state index in [0.717, 1.165) is 5.92 Å². The van der Waals surface area contributed by atoms with Gasteiger partial charge in [0.25, 0.3) is 0 Å². The molecule has 9 heavy (non-hydrogen) atoms. The first-order valence-electron chi connectivity index (χ1n) is 3.54. The second-order valence-electron chi connectivity index (χ2n) is 3.03. The predicted octanol–water partition coefficient (Wildman–Crippen LogP) is 2.92. The van der Waals surface area contributed by atoms with Crippen LogP contribution in [0.3, 0.4) is 0 Å². The Morgan fingerprint density at radius 3 is 2.44 bits per heavy atom. The topological polar surface area (TPSA) is 0 Å². The molecule has 1 atom stereocenters. The maximum absolute atomic E-state index is 2.28. The maximum Gasteiger partial charge on any atom is -0.0194 e. The van der Waals surface area contributed by atoms with Gasteiger partial charge in [0, 0.05) is 0 Å². The molecule has 0 aromatic carbocycles. The molecular formula is C9H14. The summed E-state index contributed by atoms with van der Waals surface area (Å²) in [4.78, 5) is 0. The molecule has 0 saturated carbocycles. The van der Waals surface area contributed by atoms with Crippen LogP contribution in [0.25, 0.3) is 0 Å². The van der Waals surface area contributed by atoms with Crippen molar-refractivity contribution in [2.45, 2.75) is 27.2 Å². The van der Waals surface area contributed by atoms with Gasteiger partial charge < -0.3 is 0 Å². The highest BCUT2D eigenvalue weighted by Crippen LogP contribution is 2.23.